The van der Waals surface area contributed by atoms with Gasteiger partial charge in [-0.25, -0.2) is 0 Å². The molecule has 0 bridgehead atoms. The molecule has 4 aliphatic rings. The maximum Gasteiger partial charge on any atom is 0.302 e. The van der Waals surface area contributed by atoms with Crippen LogP contribution >= 0.6 is 0 Å². The highest BCUT2D eigenvalue weighted by molar-refractivity contribution is 5.83. The normalized spacial score (nSPS) is 47.5. The van der Waals surface area contributed by atoms with Crippen molar-refractivity contribution in [2.24, 2.45) is 34.5 Å². The van der Waals surface area contributed by atoms with E-state index in [1.54, 1.807) is 0 Å². The smallest absolute Gasteiger partial charge is 0.302 e. The zero-order chi connectivity index (χ0) is 20.3. The maximum atomic E-state index is 13.2. The number of Topliss-reactive ketones (excluding diaryl/α,β-unsaturated/α-hetero) is 1. The molecule has 0 radical (unpaired) electrons. The Morgan fingerprint density at radius 2 is 1.54 bits per heavy atom. The van der Waals surface area contributed by atoms with Gasteiger partial charge in [0.15, 0.2) is 0 Å². The van der Waals surface area contributed by atoms with E-state index in [-0.39, 0.29) is 40.9 Å². The molecule has 4 saturated carbocycles. The van der Waals surface area contributed by atoms with E-state index < -0.39 is 0 Å². The second-order valence-electron chi connectivity index (χ2n) is 10.3. The van der Waals surface area contributed by atoms with Gasteiger partial charge in [-0.15, -0.1) is 0 Å². The van der Waals surface area contributed by atoms with Crippen molar-refractivity contribution in [1.29, 1.82) is 0 Å². The van der Waals surface area contributed by atoms with E-state index in [1.807, 2.05) is 0 Å². The molecule has 4 rings (SSSR count). The van der Waals surface area contributed by atoms with Gasteiger partial charge in [0.05, 0.1) is 0 Å². The molecule has 5 nitrogen and oxygen atoms in total. The molecular weight excluding hydrogens is 356 g/mol. The number of hydrogen-bond donors (Lipinski definition) is 0. The summed E-state index contributed by atoms with van der Waals surface area (Å²) in [5.74, 6) is 1.35. The predicted octanol–water partition coefficient (Wildman–Crippen LogP) is 4.07. The third-order valence-corrected chi connectivity index (χ3v) is 8.96. The second-order valence-corrected chi connectivity index (χ2v) is 10.3. The molecule has 0 N–H and O–H groups in total. The van der Waals surface area contributed by atoms with Crippen LogP contribution in [0.25, 0.3) is 0 Å². The molecule has 4 fully saturated rings. The molecule has 0 aromatic carbocycles. The third kappa shape index (κ3) is 3.00. The van der Waals surface area contributed by atoms with Gasteiger partial charge in [0.1, 0.15) is 18.0 Å². The van der Waals surface area contributed by atoms with Gasteiger partial charge in [0.2, 0.25) is 0 Å². The highest BCUT2D eigenvalue weighted by atomic mass is 16.5. The summed E-state index contributed by atoms with van der Waals surface area (Å²) in [5.41, 5.74) is 0.0166. The minimum atomic E-state index is -0.245. The molecule has 0 heterocycles. The molecule has 0 saturated heterocycles. The third-order valence-electron chi connectivity index (χ3n) is 8.96. The van der Waals surface area contributed by atoms with E-state index in [4.69, 9.17) is 9.47 Å². The van der Waals surface area contributed by atoms with Gasteiger partial charge >= 0.3 is 11.9 Å². The lowest BCUT2D eigenvalue weighted by Gasteiger charge is -2.59. The Bertz CT molecular complexity index is 686. The Morgan fingerprint density at radius 1 is 0.893 bits per heavy atom. The van der Waals surface area contributed by atoms with Gasteiger partial charge in [0.25, 0.3) is 0 Å². The number of fused-ring (bicyclic) bond motifs is 5. The summed E-state index contributed by atoms with van der Waals surface area (Å²) < 4.78 is 11.2. The molecule has 0 unspecified atom stereocenters. The lowest BCUT2D eigenvalue weighted by molar-refractivity contribution is -0.174. The van der Waals surface area contributed by atoms with E-state index in [0.717, 1.165) is 38.5 Å². The molecule has 156 valence electrons. The molecule has 0 amide bonds. The molecule has 8 atom stereocenters. The Hall–Kier alpha value is -1.39. The van der Waals surface area contributed by atoms with Crippen molar-refractivity contribution in [3.63, 3.8) is 0 Å². The van der Waals surface area contributed by atoms with Crippen molar-refractivity contribution in [3.05, 3.63) is 0 Å². The minimum absolute atomic E-state index is 0.00344. The van der Waals surface area contributed by atoms with E-state index in [9.17, 15) is 14.4 Å². The first-order valence-electron chi connectivity index (χ1n) is 11.0. The minimum Gasteiger partial charge on any atom is -0.463 e. The highest BCUT2D eigenvalue weighted by Crippen LogP contribution is 2.66. The van der Waals surface area contributed by atoms with E-state index in [0.29, 0.717) is 36.4 Å². The van der Waals surface area contributed by atoms with Gasteiger partial charge < -0.3 is 9.47 Å². The van der Waals surface area contributed by atoms with Gasteiger partial charge in [-0.1, -0.05) is 13.8 Å². The summed E-state index contributed by atoms with van der Waals surface area (Å²) in [5, 5.41) is 0. The zero-order valence-corrected chi connectivity index (χ0v) is 17.7. The molecule has 4 aliphatic carbocycles. The number of carbonyl (C=O) groups is 3. The first-order valence-corrected chi connectivity index (χ1v) is 11.0. The van der Waals surface area contributed by atoms with Crippen LogP contribution in [-0.2, 0) is 23.9 Å². The second kappa shape index (κ2) is 6.84. The first kappa shape index (κ1) is 19.9. The van der Waals surface area contributed by atoms with Crippen molar-refractivity contribution >= 4 is 17.7 Å². The molecule has 0 spiro atoms. The molecular formula is C23H34O5. The van der Waals surface area contributed by atoms with Crippen molar-refractivity contribution in [2.75, 3.05) is 0 Å². The number of rotatable bonds is 2. The summed E-state index contributed by atoms with van der Waals surface area (Å²) in [6.07, 6.45) is 7.20. The lowest BCUT2D eigenvalue weighted by atomic mass is 9.45. The summed E-state index contributed by atoms with van der Waals surface area (Å²) in [6.45, 7) is 7.55. The zero-order valence-electron chi connectivity index (χ0n) is 17.7. The fourth-order valence-electron chi connectivity index (χ4n) is 7.69. The van der Waals surface area contributed by atoms with E-state index >= 15 is 0 Å². The van der Waals surface area contributed by atoms with Crippen LogP contribution in [0.2, 0.25) is 0 Å². The van der Waals surface area contributed by atoms with Crippen LogP contribution in [0, 0.1) is 34.5 Å². The number of hydrogen-bond acceptors (Lipinski definition) is 5. The Morgan fingerprint density at radius 3 is 2.21 bits per heavy atom. The van der Waals surface area contributed by atoms with E-state index in [1.165, 1.54) is 13.8 Å². The van der Waals surface area contributed by atoms with Gasteiger partial charge in [-0.05, 0) is 68.1 Å². The first-order chi connectivity index (χ1) is 13.1. The fourth-order valence-corrected chi connectivity index (χ4v) is 7.69. The van der Waals surface area contributed by atoms with Crippen molar-refractivity contribution < 1.29 is 23.9 Å². The Labute approximate surface area is 167 Å². The Kier molecular flexibility index (Phi) is 4.86. The predicted molar refractivity (Wildman–Crippen MR) is 103 cm³/mol. The van der Waals surface area contributed by atoms with Crippen LogP contribution in [0.1, 0.15) is 79.1 Å². The molecule has 5 heteroatoms. The van der Waals surface area contributed by atoms with Crippen LogP contribution in [0.3, 0.4) is 0 Å². The highest BCUT2D eigenvalue weighted by Gasteiger charge is 2.63. The number of ether oxygens (including phenoxy) is 2. The van der Waals surface area contributed by atoms with Crippen molar-refractivity contribution in [3.8, 4) is 0 Å². The van der Waals surface area contributed by atoms with Crippen LogP contribution in [0.4, 0.5) is 0 Å². The summed E-state index contributed by atoms with van der Waals surface area (Å²) >= 11 is 0. The topological polar surface area (TPSA) is 69.7 Å². The maximum absolute atomic E-state index is 13.2. The summed E-state index contributed by atoms with van der Waals surface area (Å²) in [4.78, 5) is 36.2. The van der Waals surface area contributed by atoms with Crippen molar-refractivity contribution in [1.82, 2.24) is 0 Å². The van der Waals surface area contributed by atoms with Crippen LogP contribution in [0.5, 0.6) is 0 Å². The quantitative estimate of drug-likeness (QED) is 0.665. The molecule has 0 aromatic rings. The fraction of sp³-hybridized carbons (Fsp3) is 0.870. The summed E-state index contributed by atoms with van der Waals surface area (Å²) in [7, 11) is 0. The van der Waals surface area contributed by atoms with Crippen LogP contribution in [-0.4, -0.2) is 29.9 Å². The standard InChI is InChI=1S/C23H34O5/c1-13(24)27-15-7-9-22(3)18-8-10-23(4)17(5-6-21(23)28-14(2)25)16(18)12-20(26)19(22)11-15/h15-19,21H,5-12H2,1-4H3/t15-,16+,17+,18+,19-,21+,22-,23+/m1/s1. The Balaban J connectivity index is 1.56. The van der Waals surface area contributed by atoms with Crippen LogP contribution < -0.4 is 0 Å². The monoisotopic (exact) mass is 390 g/mol. The molecule has 0 aromatic heterocycles. The number of ketones is 1. The van der Waals surface area contributed by atoms with Crippen LogP contribution in [0.15, 0.2) is 0 Å². The SMILES string of the molecule is CC(=O)O[C@@H]1CC[C@@]2(C)[C@H](C1)C(=O)C[C@@H]1[C@@H]2CC[C@]2(C)[C@@H](OC(C)=O)CC[C@@H]12. The van der Waals surface area contributed by atoms with Gasteiger partial charge in [0, 0.05) is 31.6 Å². The molecule has 28 heavy (non-hydrogen) atoms. The average Bonchev–Trinajstić information content (AvgIpc) is 2.92. The van der Waals surface area contributed by atoms with Gasteiger partial charge in [-0.3, -0.25) is 14.4 Å². The lowest BCUT2D eigenvalue weighted by Crippen LogP contribution is -2.57. The van der Waals surface area contributed by atoms with Gasteiger partial charge in [-0.2, -0.15) is 0 Å². The molecule has 0 aliphatic heterocycles. The van der Waals surface area contributed by atoms with E-state index in [2.05, 4.69) is 13.8 Å². The summed E-state index contributed by atoms with van der Waals surface area (Å²) in [6, 6.07) is 0. The largest absolute Gasteiger partial charge is 0.463 e. The number of carbonyl (C=O) groups excluding carboxylic acids is 3. The number of esters is 2. The van der Waals surface area contributed by atoms with Crippen molar-refractivity contribution in [2.45, 2.75) is 91.3 Å². The average molecular weight is 391 g/mol.